The maximum Gasteiger partial charge on any atom is 0.211 e. The van der Waals surface area contributed by atoms with E-state index in [0.717, 1.165) is 5.69 Å². The van der Waals surface area contributed by atoms with Crippen molar-refractivity contribution in [3.8, 4) is 0 Å². The van der Waals surface area contributed by atoms with Crippen LogP contribution in [0.15, 0.2) is 71.7 Å². The van der Waals surface area contributed by atoms with Gasteiger partial charge in [0, 0.05) is 47.3 Å². The van der Waals surface area contributed by atoms with E-state index in [-0.39, 0.29) is 22.3 Å². The normalized spacial score (nSPS) is 17.0. The van der Waals surface area contributed by atoms with Gasteiger partial charge in [0.15, 0.2) is 0 Å². The van der Waals surface area contributed by atoms with Crippen LogP contribution in [0.4, 0.5) is 5.69 Å². The van der Waals surface area contributed by atoms with Gasteiger partial charge in [-0.15, -0.1) is 0 Å². The Labute approximate surface area is 160 Å². The van der Waals surface area contributed by atoms with Crippen LogP contribution >= 0.6 is 23.2 Å². The largest absolute Gasteiger partial charge is 0.345 e. The highest BCUT2D eigenvalue weighted by atomic mass is 35.5. The lowest BCUT2D eigenvalue weighted by molar-refractivity contribution is 0.0957. The number of hydrogen-bond acceptors (Lipinski definition) is 4. The second kappa shape index (κ2) is 6.63. The molecular weight excluding hydrogens is 371 g/mol. The highest BCUT2D eigenvalue weighted by molar-refractivity contribution is 6.49. The van der Waals surface area contributed by atoms with Crippen molar-refractivity contribution in [3.63, 3.8) is 0 Å². The molecule has 0 bridgehead atoms. The van der Waals surface area contributed by atoms with Crippen molar-refractivity contribution in [3.05, 3.63) is 87.8 Å². The smallest absolute Gasteiger partial charge is 0.211 e. The Morgan fingerprint density at radius 3 is 1.92 bits per heavy atom. The Hall–Kier alpha value is -2.56. The maximum absolute atomic E-state index is 12.9. The summed E-state index contributed by atoms with van der Waals surface area (Å²) in [7, 11) is 0. The Bertz CT molecular complexity index is 964. The molecule has 0 fully saturated rings. The highest BCUT2D eigenvalue weighted by Crippen LogP contribution is 2.31. The van der Waals surface area contributed by atoms with E-state index in [1.54, 1.807) is 35.4 Å². The third-order valence-electron chi connectivity index (χ3n) is 4.49. The van der Waals surface area contributed by atoms with Crippen LogP contribution in [0, 0.1) is 0 Å². The van der Waals surface area contributed by atoms with Gasteiger partial charge in [0.05, 0.1) is 0 Å². The van der Waals surface area contributed by atoms with Crippen LogP contribution < -0.4 is 4.90 Å². The molecule has 4 rings (SSSR count). The monoisotopic (exact) mass is 384 g/mol. The van der Waals surface area contributed by atoms with E-state index < -0.39 is 0 Å². The number of halogens is 2. The Morgan fingerprint density at radius 1 is 0.731 bits per heavy atom. The molecule has 0 atom stereocenters. The zero-order valence-electron chi connectivity index (χ0n) is 13.7. The summed E-state index contributed by atoms with van der Waals surface area (Å²) >= 11 is 12.2. The van der Waals surface area contributed by atoms with E-state index in [1.807, 2.05) is 35.4 Å². The van der Waals surface area contributed by atoms with Crippen molar-refractivity contribution in [2.24, 2.45) is 0 Å². The van der Waals surface area contributed by atoms with E-state index in [4.69, 9.17) is 23.2 Å². The van der Waals surface area contributed by atoms with Gasteiger partial charge in [0.2, 0.25) is 11.6 Å². The molecule has 0 amide bonds. The van der Waals surface area contributed by atoms with Crippen molar-refractivity contribution in [1.82, 2.24) is 4.90 Å². The number of allylic oxidation sites excluding steroid dienone is 2. The van der Waals surface area contributed by atoms with Gasteiger partial charge in [-0.2, -0.15) is 0 Å². The summed E-state index contributed by atoms with van der Waals surface area (Å²) in [6.45, 7) is 1.18. The lowest BCUT2D eigenvalue weighted by Crippen LogP contribution is -2.38. The molecule has 0 saturated carbocycles. The number of anilines is 1. The first-order chi connectivity index (χ1) is 12.6. The molecule has 2 aromatic carbocycles. The average molecular weight is 385 g/mol. The van der Waals surface area contributed by atoms with Crippen LogP contribution in [0.25, 0.3) is 0 Å². The van der Waals surface area contributed by atoms with E-state index in [9.17, 15) is 9.59 Å². The minimum absolute atomic E-state index is 0.0294. The first-order valence-corrected chi connectivity index (χ1v) is 8.87. The van der Waals surface area contributed by atoms with E-state index >= 15 is 0 Å². The topological polar surface area (TPSA) is 40.6 Å². The van der Waals surface area contributed by atoms with E-state index in [2.05, 4.69) is 0 Å². The van der Waals surface area contributed by atoms with E-state index in [1.165, 1.54) is 0 Å². The van der Waals surface area contributed by atoms with Gasteiger partial charge in [-0.3, -0.25) is 9.59 Å². The van der Waals surface area contributed by atoms with Crippen LogP contribution in [0.5, 0.6) is 0 Å². The number of carbonyl (C=O) groups is 2. The Kier molecular flexibility index (Phi) is 4.31. The van der Waals surface area contributed by atoms with E-state index in [0.29, 0.717) is 29.2 Å². The van der Waals surface area contributed by atoms with Crippen molar-refractivity contribution < 1.29 is 9.59 Å². The van der Waals surface area contributed by atoms with Crippen molar-refractivity contribution >= 4 is 40.5 Å². The van der Waals surface area contributed by atoms with Gasteiger partial charge < -0.3 is 9.80 Å². The fraction of sp³-hybridized carbons (Fsp3) is 0.100. The second-order valence-corrected chi connectivity index (χ2v) is 6.84. The average Bonchev–Trinajstić information content (AvgIpc) is 2.68. The molecule has 0 radical (unpaired) electrons. The van der Waals surface area contributed by atoms with Crippen LogP contribution in [-0.4, -0.2) is 29.6 Å². The molecule has 1 aliphatic carbocycles. The molecule has 130 valence electrons. The standard InChI is InChI=1S/C20H14Cl2N2O2/c21-13-5-7-14(8-6-13)23-9-11-24(12-10-23)18-17(22)19(25)15-3-1-2-4-16(15)20(18)26/h1-9,11H,10,12H2. The summed E-state index contributed by atoms with van der Waals surface area (Å²) in [6, 6.07) is 14.3. The van der Waals surface area contributed by atoms with Crippen molar-refractivity contribution in [2.75, 3.05) is 18.0 Å². The molecule has 26 heavy (non-hydrogen) atoms. The SMILES string of the molecule is O=C1C(Cl)=C(N2C=CN(c3ccc(Cl)cc3)CC2)C(=O)c2ccccc21. The molecule has 1 heterocycles. The van der Waals surface area contributed by atoms with Gasteiger partial charge in [0.1, 0.15) is 10.7 Å². The number of fused-ring (bicyclic) bond motifs is 1. The van der Waals surface area contributed by atoms with Gasteiger partial charge >= 0.3 is 0 Å². The Balaban J connectivity index is 1.64. The number of nitrogens with zero attached hydrogens (tertiary/aromatic N) is 2. The number of rotatable bonds is 2. The lowest BCUT2D eigenvalue weighted by atomic mass is 9.92. The fourth-order valence-electron chi connectivity index (χ4n) is 3.15. The van der Waals surface area contributed by atoms with Gasteiger partial charge in [-0.1, -0.05) is 47.5 Å². The molecule has 0 aromatic heterocycles. The quantitative estimate of drug-likeness (QED) is 0.765. The van der Waals surface area contributed by atoms with Crippen molar-refractivity contribution in [1.29, 1.82) is 0 Å². The number of Topliss-reactive ketones (excluding diaryl/α,β-unsaturated/α-hetero) is 2. The molecular formula is C20H14Cl2N2O2. The molecule has 6 heteroatoms. The summed E-state index contributed by atoms with van der Waals surface area (Å²) in [5.41, 5.74) is 1.99. The molecule has 4 nitrogen and oxygen atoms in total. The summed E-state index contributed by atoms with van der Waals surface area (Å²) in [5.74, 6) is -0.541. The number of benzene rings is 2. The number of hydrogen-bond donors (Lipinski definition) is 0. The minimum atomic E-state index is -0.314. The first kappa shape index (κ1) is 16.9. The molecule has 0 N–H and O–H groups in total. The summed E-state index contributed by atoms with van der Waals surface area (Å²) in [6.07, 6.45) is 3.64. The first-order valence-electron chi connectivity index (χ1n) is 8.11. The highest BCUT2D eigenvalue weighted by Gasteiger charge is 2.34. The number of ketones is 2. The molecule has 2 aromatic rings. The summed E-state index contributed by atoms with van der Waals surface area (Å²) < 4.78 is 0. The van der Waals surface area contributed by atoms with Gasteiger partial charge in [0.25, 0.3) is 0 Å². The summed E-state index contributed by atoms with van der Waals surface area (Å²) in [4.78, 5) is 29.2. The molecule has 2 aliphatic rings. The number of carbonyl (C=O) groups excluding carboxylic acids is 2. The summed E-state index contributed by atoms with van der Waals surface area (Å²) in [5, 5.41) is 0.650. The maximum atomic E-state index is 12.9. The predicted molar refractivity (Wildman–Crippen MR) is 103 cm³/mol. The Morgan fingerprint density at radius 2 is 1.31 bits per heavy atom. The molecule has 1 aliphatic heterocycles. The predicted octanol–water partition coefficient (Wildman–Crippen LogP) is 4.46. The minimum Gasteiger partial charge on any atom is -0.345 e. The van der Waals surface area contributed by atoms with Crippen LogP contribution in [0.1, 0.15) is 20.7 Å². The molecule has 0 saturated heterocycles. The third kappa shape index (κ3) is 2.81. The zero-order valence-corrected chi connectivity index (χ0v) is 15.2. The van der Waals surface area contributed by atoms with Crippen LogP contribution in [0.2, 0.25) is 5.02 Å². The second-order valence-electron chi connectivity index (χ2n) is 6.03. The van der Waals surface area contributed by atoms with Gasteiger partial charge in [-0.05, 0) is 24.3 Å². The third-order valence-corrected chi connectivity index (χ3v) is 5.10. The molecule has 0 unspecified atom stereocenters. The van der Waals surface area contributed by atoms with Crippen LogP contribution in [0.3, 0.4) is 0 Å². The van der Waals surface area contributed by atoms with Crippen LogP contribution in [-0.2, 0) is 0 Å². The fourth-order valence-corrected chi connectivity index (χ4v) is 3.57. The lowest BCUT2D eigenvalue weighted by Gasteiger charge is -2.33. The van der Waals surface area contributed by atoms with Crippen molar-refractivity contribution in [2.45, 2.75) is 0 Å². The molecule has 0 spiro atoms. The van der Waals surface area contributed by atoms with Gasteiger partial charge in [-0.25, -0.2) is 0 Å². The zero-order chi connectivity index (χ0) is 18.3.